The maximum atomic E-state index is 4.86. The van der Waals surface area contributed by atoms with Crippen LogP contribution >= 0.6 is 0 Å². The van der Waals surface area contributed by atoms with Gasteiger partial charge in [-0.3, -0.25) is 0 Å². The van der Waals surface area contributed by atoms with Crippen molar-refractivity contribution in [2.24, 2.45) is 0 Å². The molecule has 0 saturated heterocycles. The number of benzene rings is 3. The lowest BCUT2D eigenvalue weighted by Crippen LogP contribution is -2.03. The molecule has 33 heavy (non-hydrogen) atoms. The highest BCUT2D eigenvalue weighted by molar-refractivity contribution is 5.80. The molecule has 3 aromatic heterocycles. The Balaban J connectivity index is 1.38. The molecule has 3 aromatic carbocycles. The van der Waals surface area contributed by atoms with Gasteiger partial charge >= 0.3 is 0 Å². The fourth-order valence-electron chi connectivity index (χ4n) is 4.10. The number of imidazole rings is 1. The van der Waals surface area contributed by atoms with Crippen molar-refractivity contribution in [3.63, 3.8) is 0 Å². The molecule has 0 atom stereocenters. The van der Waals surface area contributed by atoms with Crippen LogP contribution < -0.4 is 0 Å². The van der Waals surface area contributed by atoms with Crippen LogP contribution in [0, 0.1) is 0 Å². The Morgan fingerprint density at radius 3 is 2.30 bits per heavy atom. The largest absolute Gasteiger partial charge is 0.304 e. The van der Waals surface area contributed by atoms with Crippen LogP contribution in [0.1, 0.15) is 5.56 Å². The molecule has 7 nitrogen and oxygen atoms in total. The molecule has 0 amide bonds. The number of aromatic amines is 1. The van der Waals surface area contributed by atoms with Gasteiger partial charge in [0.25, 0.3) is 0 Å². The topological polar surface area (TPSA) is 85.2 Å². The van der Waals surface area contributed by atoms with Crippen LogP contribution in [-0.4, -0.2) is 35.2 Å². The van der Waals surface area contributed by atoms with Gasteiger partial charge < -0.3 is 4.57 Å². The molecule has 0 radical (unpaired) electrons. The number of hydrogen-bond donors (Lipinski definition) is 1. The third kappa shape index (κ3) is 3.55. The van der Waals surface area contributed by atoms with Gasteiger partial charge in [0.05, 0.1) is 6.54 Å². The predicted octanol–water partition coefficient (Wildman–Crippen LogP) is 4.99. The van der Waals surface area contributed by atoms with E-state index in [-0.39, 0.29) is 0 Å². The van der Waals surface area contributed by atoms with Gasteiger partial charge in [0.15, 0.2) is 11.5 Å². The fourth-order valence-corrected chi connectivity index (χ4v) is 4.10. The molecule has 0 fully saturated rings. The van der Waals surface area contributed by atoms with E-state index in [2.05, 4.69) is 72.6 Å². The van der Waals surface area contributed by atoms with Crippen molar-refractivity contribution < 1.29 is 0 Å². The molecule has 0 saturated carbocycles. The molecule has 0 spiro atoms. The van der Waals surface area contributed by atoms with E-state index in [4.69, 9.17) is 4.98 Å². The van der Waals surface area contributed by atoms with Crippen molar-refractivity contribution in [2.45, 2.75) is 6.54 Å². The first-order valence-electron chi connectivity index (χ1n) is 10.7. The Hall–Kier alpha value is -4.65. The van der Waals surface area contributed by atoms with Crippen LogP contribution in [-0.2, 0) is 6.54 Å². The highest BCUT2D eigenvalue weighted by Gasteiger charge is 2.14. The Morgan fingerprint density at radius 1 is 0.727 bits per heavy atom. The van der Waals surface area contributed by atoms with Crippen LogP contribution in [0.2, 0.25) is 0 Å². The van der Waals surface area contributed by atoms with Gasteiger partial charge in [-0.25, -0.2) is 15.1 Å². The molecule has 0 aliphatic rings. The van der Waals surface area contributed by atoms with Crippen molar-refractivity contribution in [1.82, 2.24) is 35.2 Å². The Kier molecular flexibility index (Phi) is 4.69. The van der Waals surface area contributed by atoms with Crippen molar-refractivity contribution in [3.8, 4) is 33.9 Å². The van der Waals surface area contributed by atoms with E-state index in [1.165, 1.54) is 5.56 Å². The first kappa shape index (κ1) is 19.1. The minimum Gasteiger partial charge on any atom is -0.304 e. The number of nitrogens with zero attached hydrogens (tertiary/aromatic N) is 6. The first-order valence-corrected chi connectivity index (χ1v) is 10.7. The van der Waals surface area contributed by atoms with Crippen molar-refractivity contribution in [2.75, 3.05) is 0 Å². The minimum atomic E-state index is 0.651. The summed E-state index contributed by atoms with van der Waals surface area (Å²) in [4.78, 5) is 9.47. The average molecular weight is 429 g/mol. The number of tetrazole rings is 1. The summed E-state index contributed by atoms with van der Waals surface area (Å²) in [6, 6.07) is 30.8. The van der Waals surface area contributed by atoms with E-state index < -0.39 is 0 Å². The number of aromatic nitrogens is 7. The van der Waals surface area contributed by atoms with Gasteiger partial charge in [0.2, 0.25) is 0 Å². The quantitative estimate of drug-likeness (QED) is 0.417. The minimum absolute atomic E-state index is 0.651. The maximum absolute atomic E-state index is 4.86. The van der Waals surface area contributed by atoms with Gasteiger partial charge in [-0.1, -0.05) is 78.9 Å². The van der Waals surface area contributed by atoms with Crippen molar-refractivity contribution >= 4 is 11.2 Å². The van der Waals surface area contributed by atoms with Gasteiger partial charge in [0, 0.05) is 17.3 Å². The van der Waals surface area contributed by atoms with Crippen molar-refractivity contribution in [3.05, 3.63) is 103 Å². The monoisotopic (exact) mass is 429 g/mol. The third-order valence-corrected chi connectivity index (χ3v) is 5.67. The molecule has 0 aliphatic heterocycles. The number of pyridine rings is 1. The Bertz CT molecular complexity index is 1520. The van der Waals surface area contributed by atoms with Crippen LogP contribution in [0.15, 0.2) is 97.2 Å². The highest BCUT2D eigenvalue weighted by Crippen LogP contribution is 2.30. The van der Waals surface area contributed by atoms with E-state index in [9.17, 15) is 0 Å². The van der Waals surface area contributed by atoms with Gasteiger partial charge in [-0.15, -0.1) is 5.10 Å². The van der Waals surface area contributed by atoms with Crippen LogP contribution in [0.4, 0.5) is 0 Å². The number of fused-ring (bicyclic) bond motifs is 1. The van der Waals surface area contributed by atoms with Gasteiger partial charge in [-0.05, 0) is 39.2 Å². The Labute approximate surface area is 189 Å². The molecule has 6 rings (SSSR count). The zero-order chi connectivity index (χ0) is 22.0. The first-order chi connectivity index (χ1) is 16.4. The maximum Gasteiger partial charge on any atom is 0.180 e. The normalized spacial score (nSPS) is 11.2. The lowest BCUT2D eigenvalue weighted by Gasteiger charge is -2.11. The standard InChI is InChI=1S/C26H19N7/c1-2-7-20(8-3-1)25-28-23-11-6-16-27-26(23)33(25)17-18-12-14-19(15-13-18)21-9-4-5-10-22(21)24-29-31-32-30-24/h1-16H,17H2,(H,29,30,31,32). The predicted molar refractivity (Wildman–Crippen MR) is 127 cm³/mol. The second-order valence-corrected chi connectivity index (χ2v) is 7.73. The molecular formula is C26H19N7. The number of hydrogen-bond acceptors (Lipinski definition) is 5. The van der Waals surface area contributed by atoms with Crippen molar-refractivity contribution in [1.29, 1.82) is 0 Å². The average Bonchev–Trinajstić information content (AvgIpc) is 3.54. The van der Waals surface area contributed by atoms with Gasteiger partial charge in [0.1, 0.15) is 11.3 Å². The molecule has 158 valence electrons. The lowest BCUT2D eigenvalue weighted by molar-refractivity contribution is 0.824. The summed E-state index contributed by atoms with van der Waals surface area (Å²) in [5, 5.41) is 14.4. The molecule has 1 N–H and O–H groups in total. The summed E-state index contributed by atoms with van der Waals surface area (Å²) < 4.78 is 2.17. The van der Waals surface area contributed by atoms with E-state index in [1.807, 2.05) is 54.7 Å². The second-order valence-electron chi connectivity index (χ2n) is 7.73. The molecule has 7 heteroatoms. The zero-order valence-corrected chi connectivity index (χ0v) is 17.6. The molecule has 6 aromatic rings. The second kappa shape index (κ2) is 8.12. The van der Waals surface area contributed by atoms with Crippen LogP contribution in [0.25, 0.3) is 45.1 Å². The number of rotatable bonds is 5. The van der Waals surface area contributed by atoms with E-state index >= 15 is 0 Å². The van der Waals surface area contributed by atoms with E-state index in [1.54, 1.807) is 0 Å². The molecule has 3 heterocycles. The summed E-state index contributed by atoms with van der Waals surface area (Å²) in [5.74, 6) is 1.56. The van der Waals surface area contributed by atoms with Crippen LogP contribution in [0.5, 0.6) is 0 Å². The molecule has 0 bridgehead atoms. The summed E-state index contributed by atoms with van der Waals surface area (Å²) in [5.41, 5.74) is 7.14. The number of H-pyrrole nitrogens is 1. The van der Waals surface area contributed by atoms with E-state index in [0.29, 0.717) is 12.4 Å². The van der Waals surface area contributed by atoms with Crippen LogP contribution in [0.3, 0.4) is 0 Å². The summed E-state index contributed by atoms with van der Waals surface area (Å²) in [6.45, 7) is 0.672. The SMILES string of the molecule is c1ccc(-c2nc3cccnc3n2Cc2ccc(-c3ccccc3-c3nnn[nH]3)cc2)cc1. The summed E-state index contributed by atoms with van der Waals surface area (Å²) in [6.07, 6.45) is 1.81. The third-order valence-electron chi connectivity index (χ3n) is 5.67. The summed E-state index contributed by atoms with van der Waals surface area (Å²) in [7, 11) is 0. The molecule has 0 unspecified atom stereocenters. The smallest absolute Gasteiger partial charge is 0.180 e. The lowest BCUT2D eigenvalue weighted by atomic mass is 9.98. The fraction of sp³-hybridized carbons (Fsp3) is 0.0385. The summed E-state index contributed by atoms with van der Waals surface area (Å²) >= 11 is 0. The molecular weight excluding hydrogens is 410 g/mol. The molecule has 0 aliphatic carbocycles. The highest BCUT2D eigenvalue weighted by atomic mass is 15.5. The Morgan fingerprint density at radius 2 is 1.52 bits per heavy atom. The number of nitrogens with one attached hydrogen (secondary N) is 1. The van der Waals surface area contributed by atoms with E-state index in [0.717, 1.165) is 39.2 Å². The van der Waals surface area contributed by atoms with Gasteiger partial charge in [-0.2, -0.15) is 0 Å². The zero-order valence-electron chi connectivity index (χ0n) is 17.6.